The zero-order valence-corrected chi connectivity index (χ0v) is 11.2. The molecule has 0 bridgehead atoms. The minimum Gasteiger partial charge on any atom is -0.358 e. The maximum absolute atomic E-state index is 8.36. The molecule has 16 heavy (non-hydrogen) atoms. The lowest BCUT2D eigenvalue weighted by molar-refractivity contribution is 0.355. The van der Waals surface area contributed by atoms with Crippen LogP contribution in [0.1, 0.15) is 45.4 Å². The second kappa shape index (κ2) is 5.95. The molecule has 1 aliphatic heterocycles. The van der Waals surface area contributed by atoms with E-state index in [9.17, 15) is 0 Å². The van der Waals surface area contributed by atoms with Crippen molar-refractivity contribution in [2.45, 2.75) is 50.7 Å². The summed E-state index contributed by atoms with van der Waals surface area (Å²) >= 11 is 2.09. The van der Waals surface area contributed by atoms with Gasteiger partial charge in [0.25, 0.3) is 0 Å². The van der Waals surface area contributed by atoms with E-state index >= 15 is 0 Å². The molecule has 1 unspecified atom stereocenters. The average Bonchev–Trinajstić information content (AvgIpc) is 2.39. The number of hydrogen-bond donors (Lipinski definition) is 1. The van der Waals surface area contributed by atoms with Gasteiger partial charge < -0.3 is 4.90 Å². The van der Waals surface area contributed by atoms with Crippen LogP contribution < -0.4 is 0 Å². The Morgan fingerprint density at radius 1 is 1.31 bits per heavy atom. The molecule has 0 amide bonds. The van der Waals surface area contributed by atoms with Crippen LogP contribution in [-0.2, 0) is 0 Å². The number of thioether (sulfide) groups is 1. The molecule has 2 rings (SSSR count). The van der Waals surface area contributed by atoms with E-state index in [4.69, 9.17) is 5.41 Å². The van der Waals surface area contributed by atoms with E-state index in [1.165, 1.54) is 44.3 Å². The standard InChI is InChI=1S/C13H24N2S/c1-2-12-10-15(8-9-16-12)13(14)11-6-4-3-5-7-11/h11-12,14H,2-10H2,1H3. The van der Waals surface area contributed by atoms with E-state index in [2.05, 4.69) is 23.6 Å². The molecule has 0 aromatic carbocycles. The van der Waals surface area contributed by atoms with Crippen LogP contribution in [0.2, 0.25) is 0 Å². The van der Waals surface area contributed by atoms with Crippen LogP contribution in [0.5, 0.6) is 0 Å². The lowest BCUT2D eigenvalue weighted by atomic mass is 9.88. The summed E-state index contributed by atoms with van der Waals surface area (Å²) in [4.78, 5) is 2.36. The second-order valence-electron chi connectivity index (χ2n) is 5.07. The zero-order chi connectivity index (χ0) is 11.4. The molecule has 2 nitrogen and oxygen atoms in total. The van der Waals surface area contributed by atoms with Gasteiger partial charge in [-0.05, 0) is 19.3 Å². The Bertz CT molecular complexity index is 236. The highest BCUT2D eigenvalue weighted by Gasteiger charge is 2.26. The fourth-order valence-electron chi connectivity index (χ4n) is 2.82. The van der Waals surface area contributed by atoms with E-state index in [0.29, 0.717) is 5.92 Å². The molecular formula is C13H24N2S. The summed E-state index contributed by atoms with van der Waals surface area (Å²) in [5, 5.41) is 9.12. The third kappa shape index (κ3) is 2.93. The highest BCUT2D eigenvalue weighted by Crippen LogP contribution is 2.28. The van der Waals surface area contributed by atoms with E-state index < -0.39 is 0 Å². The van der Waals surface area contributed by atoms with Crippen molar-refractivity contribution in [3.05, 3.63) is 0 Å². The Hall–Kier alpha value is -0.180. The maximum atomic E-state index is 8.36. The monoisotopic (exact) mass is 240 g/mol. The van der Waals surface area contributed by atoms with Crippen LogP contribution in [0.15, 0.2) is 0 Å². The van der Waals surface area contributed by atoms with Gasteiger partial charge in [-0.1, -0.05) is 26.2 Å². The largest absolute Gasteiger partial charge is 0.358 e. The van der Waals surface area contributed by atoms with Gasteiger partial charge in [0.2, 0.25) is 0 Å². The molecule has 3 heteroatoms. The first-order valence-electron chi connectivity index (χ1n) is 6.76. The summed E-state index contributed by atoms with van der Waals surface area (Å²) in [7, 11) is 0. The summed E-state index contributed by atoms with van der Waals surface area (Å²) < 4.78 is 0. The topological polar surface area (TPSA) is 27.1 Å². The van der Waals surface area contributed by atoms with Crippen molar-refractivity contribution in [1.82, 2.24) is 4.90 Å². The van der Waals surface area contributed by atoms with Crippen LogP contribution in [0, 0.1) is 11.3 Å². The lowest BCUT2D eigenvalue weighted by Gasteiger charge is -2.37. The molecular weight excluding hydrogens is 216 g/mol. The normalized spacial score (nSPS) is 28.1. The molecule has 1 N–H and O–H groups in total. The van der Waals surface area contributed by atoms with Crippen molar-refractivity contribution in [1.29, 1.82) is 5.41 Å². The van der Waals surface area contributed by atoms with Gasteiger partial charge >= 0.3 is 0 Å². The van der Waals surface area contributed by atoms with Crippen LogP contribution in [-0.4, -0.2) is 34.8 Å². The average molecular weight is 240 g/mol. The predicted molar refractivity (Wildman–Crippen MR) is 72.4 cm³/mol. The van der Waals surface area contributed by atoms with Crippen LogP contribution in [0.25, 0.3) is 0 Å². The zero-order valence-electron chi connectivity index (χ0n) is 10.4. The molecule has 2 aliphatic rings. The van der Waals surface area contributed by atoms with E-state index in [-0.39, 0.29) is 0 Å². The van der Waals surface area contributed by atoms with Gasteiger partial charge in [-0.25, -0.2) is 0 Å². The van der Waals surface area contributed by atoms with Gasteiger partial charge in [-0.2, -0.15) is 11.8 Å². The van der Waals surface area contributed by atoms with Crippen LogP contribution in [0.3, 0.4) is 0 Å². The van der Waals surface area contributed by atoms with Crippen molar-refractivity contribution < 1.29 is 0 Å². The van der Waals surface area contributed by atoms with Crippen molar-refractivity contribution >= 4 is 17.6 Å². The van der Waals surface area contributed by atoms with E-state index in [0.717, 1.165) is 24.2 Å². The first kappa shape index (κ1) is 12.3. The fourth-order valence-corrected chi connectivity index (χ4v) is 4.00. The quantitative estimate of drug-likeness (QED) is 0.592. The highest BCUT2D eigenvalue weighted by molar-refractivity contribution is 8.00. The summed E-state index contributed by atoms with van der Waals surface area (Å²) in [5.41, 5.74) is 0. The van der Waals surface area contributed by atoms with Gasteiger partial charge in [-0.15, -0.1) is 0 Å². The molecule has 0 radical (unpaired) electrons. The van der Waals surface area contributed by atoms with Crippen molar-refractivity contribution in [2.75, 3.05) is 18.8 Å². The molecule has 1 saturated heterocycles. The molecule has 92 valence electrons. The third-order valence-corrected chi connectivity index (χ3v) is 5.30. The van der Waals surface area contributed by atoms with Gasteiger partial charge in [0.15, 0.2) is 0 Å². The summed E-state index contributed by atoms with van der Waals surface area (Å²) in [6.45, 7) is 4.50. The third-order valence-electron chi connectivity index (χ3n) is 3.93. The fraction of sp³-hybridized carbons (Fsp3) is 0.923. The van der Waals surface area contributed by atoms with E-state index in [1.54, 1.807) is 0 Å². The minimum atomic E-state index is 0.578. The van der Waals surface area contributed by atoms with Crippen molar-refractivity contribution in [3.63, 3.8) is 0 Å². The molecule has 1 aliphatic carbocycles. The first-order chi connectivity index (χ1) is 7.81. The van der Waals surface area contributed by atoms with Gasteiger partial charge in [0.05, 0.1) is 5.84 Å². The summed E-state index contributed by atoms with van der Waals surface area (Å²) in [6, 6.07) is 0. The number of hydrogen-bond acceptors (Lipinski definition) is 2. The van der Waals surface area contributed by atoms with Gasteiger partial charge in [0.1, 0.15) is 0 Å². The Morgan fingerprint density at radius 2 is 2.06 bits per heavy atom. The number of rotatable bonds is 2. The van der Waals surface area contributed by atoms with E-state index in [1.807, 2.05) is 0 Å². The molecule has 1 saturated carbocycles. The van der Waals surface area contributed by atoms with Crippen molar-refractivity contribution in [3.8, 4) is 0 Å². The molecule has 1 atom stereocenters. The summed E-state index contributed by atoms with van der Waals surface area (Å²) in [6.07, 6.45) is 7.84. The predicted octanol–water partition coefficient (Wildman–Crippen LogP) is 3.37. The van der Waals surface area contributed by atoms with Crippen LogP contribution >= 0.6 is 11.8 Å². The number of amidine groups is 1. The SMILES string of the molecule is CCC1CN(C(=N)C2CCCCC2)CCS1. The Balaban J connectivity index is 1.87. The molecule has 1 heterocycles. The highest BCUT2D eigenvalue weighted by atomic mass is 32.2. The Morgan fingerprint density at radius 3 is 2.75 bits per heavy atom. The first-order valence-corrected chi connectivity index (χ1v) is 7.81. The van der Waals surface area contributed by atoms with Gasteiger partial charge in [0, 0.05) is 30.0 Å². The molecule has 0 aromatic heterocycles. The number of nitrogens with zero attached hydrogens (tertiary/aromatic N) is 1. The van der Waals surface area contributed by atoms with Gasteiger partial charge in [-0.3, -0.25) is 5.41 Å². The maximum Gasteiger partial charge on any atom is 0.0990 e. The smallest absolute Gasteiger partial charge is 0.0990 e. The Kier molecular flexibility index (Phi) is 4.56. The second-order valence-corrected chi connectivity index (χ2v) is 6.48. The molecule has 0 aromatic rings. The lowest BCUT2D eigenvalue weighted by Crippen LogP contribution is -2.44. The number of nitrogens with one attached hydrogen (secondary N) is 1. The summed E-state index contributed by atoms with van der Waals surface area (Å²) in [5.74, 6) is 2.75. The Labute approximate surface area is 104 Å². The molecule has 0 spiro atoms. The van der Waals surface area contributed by atoms with Crippen LogP contribution in [0.4, 0.5) is 0 Å². The minimum absolute atomic E-state index is 0.578. The molecule has 2 fully saturated rings. The van der Waals surface area contributed by atoms with Crippen molar-refractivity contribution in [2.24, 2.45) is 5.92 Å².